The molecule has 0 atom stereocenters. The molecule has 7 nitrogen and oxygen atoms in total. The second-order valence-corrected chi connectivity index (χ2v) is 5.62. The molecule has 0 aromatic carbocycles. The highest BCUT2D eigenvalue weighted by molar-refractivity contribution is 6.30. The van der Waals surface area contributed by atoms with E-state index >= 15 is 0 Å². The van der Waals surface area contributed by atoms with E-state index in [0.717, 1.165) is 0 Å². The first-order valence-electron chi connectivity index (χ1n) is 7.27. The van der Waals surface area contributed by atoms with E-state index in [1.807, 2.05) is 9.88 Å². The lowest BCUT2D eigenvalue weighted by Crippen LogP contribution is -2.37. The first-order valence-corrected chi connectivity index (χ1v) is 7.64. The maximum absolute atomic E-state index is 12.5. The summed E-state index contributed by atoms with van der Waals surface area (Å²) in [5, 5.41) is 2.37. The molecule has 2 aromatic rings. The van der Waals surface area contributed by atoms with Gasteiger partial charge in [0, 0.05) is 18.7 Å². The van der Waals surface area contributed by atoms with E-state index in [1.165, 1.54) is 12.1 Å². The molecule has 1 fully saturated rings. The highest BCUT2D eigenvalue weighted by Crippen LogP contribution is 2.28. The number of aromatic nitrogens is 3. The van der Waals surface area contributed by atoms with Crippen LogP contribution in [0.3, 0.4) is 0 Å². The summed E-state index contributed by atoms with van der Waals surface area (Å²) < 4.78 is 42.9. The third kappa shape index (κ3) is 4.20. The van der Waals surface area contributed by atoms with Crippen LogP contribution in [0.15, 0.2) is 18.3 Å². The van der Waals surface area contributed by atoms with Gasteiger partial charge in [-0.3, -0.25) is 10.1 Å². The number of carbonyl (C=O) groups is 1. The van der Waals surface area contributed by atoms with Gasteiger partial charge in [0.2, 0.25) is 5.95 Å². The highest BCUT2D eigenvalue weighted by atomic mass is 35.5. The zero-order valence-electron chi connectivity index (χ0n) is 12.7. The molecule has 25 heavy (non-hydrogen) atoms. The molecule has 1 aliphatic rings. The second-order valence-electron chi connectivity index (χ2n) is 5.23. The van der Waals surface area contributed by atoms with Crippen LogP contribution < -0.4 is 10.2 Å². The van der Waals surface area contributed by atoms with E-state index in [4.69, 9.17) is 16.3 Å². The van der Waals surface area contributed by atoms with Crippen LogP contribution in [0.1, 0.15) is 16.1 Å². The van der Waals surface area contributed by atoms with Gasteiger partial charge in [-0.2, -0.15) is 13.2 Å². The average Bonchev–Trinajstić information content (AvgIpc) is 3.04. The van der Waals surface area contributed by atoms with Gasteiger partial charge in [-0.25, -0.2) is 9.97 Å². The van der Waals surface area contributed by atoms with Crippen molar-refractivity contribution in [1.29, 1.82) is 0 Å². The van der Waals surface area contributed by atoms with Crippen LogP contribution in [0.2, 0.25) is 5.15 Å². The lowest BCUT2D eigenvalue weighted by Gasteiger charge is -2.28. The van der Waals surface area contributed by atoms with Gasteiger partial charge in [0.15, 0.2) is 0 Å². The van der Waals surface area contributed by atoms with Crippen molar-refractivity contribution in [3.63, 3.8) is 0 Å². The van der Waals surface area contributed by atoms with Crippen molar-refractivity contribution in [3.05, 3.63) is 34.7 Å². The maximum Gasteiger partial charge on any atom is 0.432 e. The number of anilines is 2. The second kappa shape index (κ2) is 6.89. The number of imidazole rings is 1. The number of carbonyl (C=O) groups excluding carboxylic acids is 1. The molecular weight excluding hydrogens is 363 g/mol. The molecule has 2 aromatic heterocycles. The average molecular weight is 376 g/mol. The van der Waals surface area contributed by atoms with Crippen molar-refractivity contribution in [2.45, 2.75) is 6.18 Å². The lowest BCUT2D eigenvalue weighted by atomic mass is 10.2. The van der Waals surface area contributed by atoms with Crippen molar-refractivity contribution in [3.8, 4) is 0 Å². The minimum atomic E-state index is -4.57. The Balaban J connectivity index is 1.77. The van der Waals surface area contributed by atoms with E-state index < -0.39 is 17.8 Å². The fourth-order valence-electron chi connectivity index (χ4n) is 2.28. The Morgan fingerprint density at radius 3 is 2.68 bits per heavy atom. The van der Waals surface area contributed by atoms with E-state index in [2.05, 4.69) is 15.3 Å². The molecule has 134 valence electrons. The van der Waals surface area contributed by atoms with Gasteiger partial charge in [0.1, 0.15) is 16.7 Å². The molecule has 11 heteroatoms. The summed E-state index contributed by atoms with van der Waals surface area (Å²) in [5.74, 6) is -0.462. The third-order valence-electron chi connectivity index (χ3n) is 3.49. The first kappa shape index (κ1) is 17.5. The van der Waals surface area contributed by atoms with Crippen LogP contribution in [-0.4, -0.2) is 47.2 Å². The van der Waals surface area contributed by atoms with Crippen LogP contribution in [0.4, 0.5) is 24.9 Å². The Labute approximate surface area is 145 Å². The van der Waals surface area contributed by atoms with Crippen LogP contribution in [0, 0.1) is 0 Å². The normalized spacial score (nSPS) is 15.3. The highest BCUT2D eigenvalue weighted by Gasteiger charge is 2.33. The summed E-state index contributed by atoms with van der Waals surface area (Å²) in [7, 11) is 0. The predicted octanol–water partition coefficient (Wildman–Crippen LogP) is 2.57. The SMILES string of the molecule is O=C(Nc1ncc(C(F)(F)F)[nH]1)c1cc(Cl)nc(N2CCOCC2)c1. The standard InChI is InChI=1S/C14H13ClF3N5O2/c15-10-5-8(6-11(21-10)23-1-3-25-4-2-23)12(24)22-13-19-7-9(20-13)14(16,17)18/h5-7H,1-4H2,(H2,19,20,22,24). The largest absolute Gasteiger partial charge is 0.432 e. The molecule has 0 saturated carbocycles. The first-order chi connectivity index (χ1) is 11.8. The number of ether oxygens (including phenoxy) is 1. The number of alkyl halides is 3. The van der Waals surface area contributed by atoms with Gasteiger partial charge in [-0.15, -0.1) is 0 Å². The van der Waals surface area contributed by atoms with Gasteiger partial charge in [0.05, 0.1) is 19.4 Å². The molecule has 1 saturated heterocycles. The maximum atomic E-state index is 12.5. The summed E-state index contributed by atoms with van der Waals surface area (Å²) in [5.41, 5.74) is -0.893. The van der Waals surface area contributed by atoms with Gasteiger partial charge in [-0.1, -0.05) is 11.6 Å². The zero-order chi connectivity index (χ0) is 18.0. The fraction of sp³-hybridized carbons (Fsp3) is 0.357. The van der Waals surface area contributed by atoms with Crippen molar-refractivity contribution >= 4 is 29.3 Å². The number of rotatable bonds is 3. The molecular formula is C14H13ClF3N5O2. The van der Waals surface area contributed by atoms with Gasteiger partial charge >= 0.3 is 6.18 Å². The van der Waals surface area contributed by atoms with E-state index in [0.29, 0.717) is 38.3 Å². The van der Waals surface area contributed by atoms with Crippen LogP contribution in [0.5, 0.6) is 0 Å². The minimum absolute atomic E-state index is 0.101. The Hall–Kier alpha value is -2.33. The van der Waals surface area contributed by atoms with Crippen molar-refractivity contribution in [1.82, 2.24) is 15.0 Å². The Bertz CT molecular complexity index is 774. The minimum Gasteiger partial charge on any atom is -0.378 e. The summed E-state index contributed by atoms with van der Waals surface area (Å²) in [6.45, 7) is 2.26. The van der Waals surface area contributed by atoms with Gasteiger partial charge < -0.3 is 14.6 Å². The fourth-order valence-corrected chi connectivity index (χ4v) is 2.48. The van der Waals surface area contributed by atoms with Crippen LogP contribution in [-0.2, 0) is 10.9 Å². The number of aromatic amines is 1. The van der Waals surface area contributed by atoms with Crippen LogP contribution in [0.25, 0.3) is 0 Å². The Morgan fingerprint density at radius 2 is 2.04 bits per heavy atom. The lowest BCUT2D eigenvalue weighted by molar-refractivity contribution is -0.140. The summed E-state index contributed by atoms with van der Waals surface area (Å²) in [6.07, 6.45) is -3.96. The Kier molecular flexibility index (Phi) is 4.82. The van der Waals surface area contributed by atoms with Crippen molar-refractivity contribution in [2.75, 3.05) is 36.5 Å². The molecule has 0 spiro atoms. The van der Waals surface area contributed by atoms with E-state index in [1.54, 1.807) is 0 Å². The smallest absolute Gasteiger partial charge is 0.378 e. The number of hydrogen-bond acceptors (Lipinski definition) is 5. The number of morpholine rings is 1. The number of nitrogens with zero attached hydrogens (tertiary/aromatic N) is 3. The topological polar surface area (TPSA) is 83.1 Å². The quantitative estimate of drug-likeness (QED) is 0.806. The molecule has 2 N–H and O–H groups in total. The monoisotopic (exact) mass is 375 g/mol. The van der Waals surface area contributed by atoms with Gasteiger partial charge in [0.25, 0.3) is 5.91 Å². The number of halogens is 4. The van der Waals surface area contributed by atoms with Crippen molar-refractivity contribution < 1.29 is 22.7 Å². The molecule has 0 bridgehead atoms. The number of H-pyrrole nitrogens is 1. The number of amides is 1. The molecule has 1 aliphatic heterocycles. The summed E-state index contributed by atoms with van der Waals surface area (Å²) >= 11 is 5.96. The van der Waals surface area contributed by atoms with E-state index in [9.17, 15) is 18.0 Å². The molecule has 0 aliphatic carbocycles. The molecule has 3 rings (SSSR count). The molecule has 0 unspecified atom stereocenters. The third-order valence-corrected chi connectivity index (χ3v) is 3.68. The zero-order valence-corrected chi connectivity index (χ0v) is 13.5. The summed E-state index contributed by atoms with van der Waals surface area (Å²) in [6, 6.07) is 2.84. The van der Waals surface area contributed by atoms with Crippen LogP contribution >= 0.6 is 11.6 Å². The number of pyridine rings is 1. The molecule has 0 radical (unpaired) electrons. The van der Waals surface area contributed by atoms with Crippen molar-refractivity contribution in [2.24, 2.45) is 0 Å². The molecule has 3 heterocycles. The Morgan fingerprint density at radius 1 is 1.32 bits per heavy atom. The van der Waals surface area contributed by atoms with E-state index in [-0.39, 0.29) is 16.7 Å². The number of hydrogen-bond donors (Lipinski definition) is 2. The number of nitrogens with one attached hydrogen (secondary N) is 2. The predicted molar refractivity (Wildman–Crippen MR) is 83.8 cm³/mol. The molecule has 1 amide bonds. The van der Waals surface area contributed by atoms with Gasteiger partial charge in [-0.05, 0) is 12.1 Å². The summed E-state index contributed by atoms with van der Waals surface area (Å²) in [4.78, 5) is 23.9.